The third-order valence-electron chi connectivity index (χ3n) is 2.13. The van der Waals surface area contributed by atoms with Crippen molar-refractivity contribution in [3.8, 4) is 0 Å². The number of alkyl halides is 3. The van der Waals surface area contributed by atoms with Crippen LogP contribution in [0.25, 0.3) is 10.9 Å². The molecule has 90 valence electrons. The van der Waals surface area contributed by atoms with E-state index in [0.717, 1.165) is 6.33 Å². The molecule has 0 amide bonds. The highest BCUT2D eigenvalue weighted by molar-refractivity contribution is 6.32. The Morgan fingerprint density at radius 1 is 1.35 bits per heavy atom. The van der Waals surface area contributed by atoms with Gasteiger partial charge < -0.3 is 4.98 Å². The number of hydrogen-bond donors (Lipinski definition) is 1. The van der Waals surface area contributed by atoms with Crippen LogP contribution >= 0.6 is 11.6 Å². The van der Waals surface area contributed by atoms with E-state index in [-0.39, 0.29) is 0 Å². The number of aromatic amines is 1. The number of halogens is 5. The first-order valence-electron chi connectivity index (χ1n) is 4.25. The van der Waals surface area contributed by atoms with E-state index in [1.165, 1.54) is 0 Å². The Balaban J connectivity index is 2.96. The second kappa shape index (κ2) is 3.69. The van der Waals surface area contributed by atoms with Gasteiger partial charge in [0.1, 0.15) is 0 Å². The summed E-state index contributed by atoms with van der Waals surface area (Å²) in [6.45, 7) is 0. The van der Waals surface area contributed by atoms with E-state index < -0.39 is 39.0 Å². The van der Waals surface area contributed by atoms with E-state index in [2.05, 4.69) is 9.97 Å². The summed E-state index contributed by atoms with van der Waals surface area (Å²) < 4.78 is 51.1. The zero-order valence-corrected chi connectivity index (χ0v) is 8.66. The minimum atomic E-state index is -4.84. The standard InChI is InChI=1S/C9H3ClF4N2O/c10-5-4(9(12,13)14)1-3-7(6(5)11)15-2-16-8(3)17/h1-2H,(H,15,16,17). The molecular weight excluding hydrogens is 264 g/mol. The van der Waals surface area contributed by atoms with Crippen LogP contribution in [0.3, 0.4) is 0 Å². The van der Waals surface area contributed by atoms with Crippen molar-refractivity contribution in [1.82, 2.24) is 9.97 Å². The fraction of sp³-hybridized carbons (Fsp3) is 0.111. The van der Waals surface area contributed by atoms with Crippen molar-refractivity contribution in [3.05, 3.63) is 39.2 Å². The second-order valence-electron chi connectivity index (χ2n) is 3.18. The lowest BCUT2D eigenvalue weighted by molar-refractivity contribution is -0.137. The summed E-state index contributed by atoms with van der Waals surface area (Å²) in [6.07, 6.45) is -3.95. The minimum Gasteiger partial charge on any atom is -0.343 e. The van der Waals surface area contributed by atoms with Crippen LogP contribution < -0.4 is 5.56 Å². The van der Waals surface area contributed by atoms with Crippen molar-refractivity contribution in [3.63, 3.8) is 0 Å². The van der Waals surface area contributed by atoms with Crippen molar-refractivity contribution in [2.45, 2.75) is 6.18 Å². The Kier molecular flexibility index (Phi) is 2.57. The van der Waals surface area contributed by atoms with Gasteiger partial charge in [0.2, 0.25) is 0 Å². The molecule has 0 aliphatic rings. The number of nitrogens with one attached hydrogen (secondary N) is 1. The van der Waals surface area contributed by atoms with E-state index >= 15 is 0 Å². The highest BCUT2D eigenvalue weighted by Gasteiger charge is 2.35. The summed E-state index contributed by atoms with van der Waals surface area (Å²) in [5.74, 6) is -1.32. The van der Waals surface area contributed by atoms with Gasteiger partial charge in [0.05, 0.1) is 27.8 Å². The zero-order valence-electron chi connectivity index (χ0n) is 7.90. The topological polar surface area (TPSA) is 45.8 Å². The van der Waals surface area contributed by atoms with E-state index in [1.54, 1.807) is 0 Å². The van der Waals surface area contributed by atoms with Crippen LogP contribution in [0.4, 0.5) is 17.6 Å². The summed E-state index contributed by atoms with van der Waals surface area (Å²) in [5, 5.41) is -1.58. The number of aromatic nitrogens is 2. The van der Waals surface area contributed by atoms with Crippen LogP contribution in [0.2, 0.25) is 5.02 Å². The van der Waals surface area contributed by atoms with Crippen molar-refractivity contribution < 1.29 is 17.6 Å². The first-order chi connectivity index (χ1) is 7.82. The van der Waals surface area contributed by atoms with Gasteiger partial charge in [-0.05, 0) is 6.07 Å². The molecule has 0 spiro atoms. The van der Waals surface area contributed by atoms with Crippen LogP contribution in [-0.4, -0.2) is 9.97 Å². The lowest BCUT2D eigenvalue weighted by Crippen LogP contribution is -2.12. The molecule has 1 aromatic heterocycles. The number of nitrogens with zero attached hydrogens (tertiary/aromatic N) is 1. The Morgan fingerprint density at radius 3 is 2.59 bits per heavy atom. The molecule has 0 aliphatic heterocycles. The number of rotatable bonds is 0. The largest absolute Gasteiger partial charge is 0.417 e. The number of benzene rings is 1. The first-order valence-corrected chi connectivity index (χ1v) is 4.62. The molecular formula is C9H3ClF4N2O. The maximum Gasteiger partial charge on any atom is 0.417 e. The molecule has 0 aliphatic carbocycles. The van der Waals surface area contributed by atoms with E-state index in [4.69, 9.17) is 11.6 Å². The maximum atomic E-state index is 13.5. The van der Waals surface area contributed by atoms with Crippen molar-refractivity contribution in [1.29, 1.82) is 0 Å². The molecule has 3 nitrogen and oxygen atoms in total. The highest BCUT2D eigenvalue weighted by Crippen LogP contribution is 2.37. The predicted octanol–water partition coefficient (Wildman–Crippen LogP) is 2.73. The van der Waals surface area contributed by atoms with Gasteiger partial charge in [0.15, 0.2) is 5.82 Å². The molecule has 2 aromatic rings. The molecule has 0 atom stereocenters. The van der Waals surface area contributed by atoms with Gasteiger partial charge in [-0.15, -0.1) is 0 Å². The van der Waals surface area contributed by atoms with Crippen LogP contribution in [-0.2, 0) is 6.18 Å². The van der Waals surface area contributed by atoms with Gasteiger partial charge in [0, 0.05) is 0 Å². The van der Waals surface area contributed by atoms with Gasteiger partial charge in [-0.3, -0.25) is 4.79 Å². The molecule has 0 saturated carbocycles. The summed E-state index contributed by atoms with van der Waals surface area (Å²) >= 11 is 5.27. The smallest absolute Gasteiger partial charge is 0.343 e. The van der Waals surface area contributed by atoms with Crippen molar-refractivity contribution >= 4 is 22.5 Å². The van der Waals surface area contributed by atoms with Gasteiger partial charge >= 0.3 is 6.18 Å². The minimum absolute atomic E-state index is 0.400. The third kappa shape index (κ3) is 1.86. The van der Waals surface area contributed by atoms with Crippen LogP contribution in [0.15, 0.2) is 17.2 Å². The lowest BCUT2D eigenvalue weighted by Gasteiger charge is -2.10. The van der Waals surface area contributed by atoms with E-state index in [0.29, 0.717) is 6.07 Å². The van der Waals surface area contributed by atoms with E-state index in [9.17, 15) is 22.4 Å². The van der Waals surface area contributed by atoms with Gasteiger partial charge in [0.25, 0.3) is 5.56 Å². The van der Waals surface area contributed by atoms with Crippen LogP contribution in [0.1, 0.15) is 5.56 Å². The number of H-pyrrole nitrogens is 1. The summed E-state index contributed by atoms with van der Waals surface area (Å²) in [6, 6.07) is 0.479. The molecule has 1 aromatic carbocycles. The Bertz CT molecular complexity index is 650. The fourth-order valence-corrected chi connectivity index (χ4v) is 1.62. The normalized spacial score (nSPS) is 12.1. The molecule has 0 fully saturated rings. The SMILES string of the molecule is O=c1nc[nH]c2c(F)c(Cl)c(C(F)(F)F)cc12. The van der Waals surface area contributed by atoms with Crippen LogP contribution in [0.5, 0.6) is 0 Å². The highest BCUT2D eigenvalue weighted by atomic mass is 35.5. The summed E-state index contributed by atoms with van der Waals surface area (Å²) in [7, 11) is 0. The third-order valence-corrected chi connectivity index (χ3v) is 2.50. The average Bonchev–Trinajstić information content (AvgIpc) is 2.22. The first kappa shape index (κ1) is 11.8. The molecule has 8 heteroatoms. The molecule has 1 N–H and O–H groups in total. The Morgan fingerprint density at radius 2 is 2.00 bits per heavy atom. The molecule has 1 heterocycles. The zero-order chi connectivity index (χ0) is 12.8. The molecule has 2 rings (SSSR count). The predicted molar refractivity (Wildman–Crippen MR) is 52.3 cm³/mol. The number of fused-ring (bicyclic) bond motifs is 1. The van der Waals surface area contributed by atoms with Crippen molar-refractivity contribution in [2.75, 3.05) is 0 Å². The fourth-order valence-electron chi connectivity index (χ4n) is 1.37. The lowest BCUT2D eigenvalue weighted by atomic mass is 10.1. The van der Waals surface area contributed by atoms with E-state index in [1.807, 2.05) is 0 Å². The number of hydrogen-bond acceptors (Lipinski definition) is 2. The summed E-state index contributed by atoms with van der Waals surface area (Å²) in [4.78, 5) is 16.7. The molecule has 0 bridgehead atoms. The molecule has 17 heavy (non-hydrogen) atoms. The van der Waals surface area contributed by atoms with Gasteiger partial charge in [-0.1, -0.05) is 11.6 Å². The molecule has 0 saturated heterocycles. The second-order valence-corrected chi connectivity index (χ2v) is 3.56. The summed E-state index contributed by atoms with van der Waals surface area (Å²) in [5.41, 5.74) is -2.76. The maximum absolute atomic E-state index is 13.5. The van der Waals surface area contributed by atoms with Gasteiger partial charge in [-0.2, -0.15) is 18.2 Å². The Hall–Kier alpha value is -1.63. The Labute approximate surface area is 96.0 Å². The van der Waals surface area contributed by atoms with Crippen LogP contribution in [0, 0.1) is 5.82 Å². The average molecular weight is 267 g/mol. The monoisotopic (exact) mass is 266 g/mol. The van der Waals surface area contributed by atoms with Gasteiger partial charge in [-0.25, -0.2) is 4.39 Å². The quantitative estimate of drug-likeness (QED) is 0.745. The van der Waals surface area contributed by atoms with Crippen molar-refractivity contribution in [2.24, 2.45) is 0 Å². The molecule has 0 unspecified atom stereocenters. The molecule has 0 radical (unpaired) electrons.